The van der Waals surface area contributed by atoms with Crippen LogP contribution in [-0.2, 0) is 12.8 Å². The molecule has 19 heavy (non-hydrogen) atoms. The molecule has 0 aliphatic heterocycles. The molecular formula is C15H15N3O. The Morgan fingerprint density at radius 3 is 2.89 bits per heavy atom. The highest BCUT2D eigenvalue weighted by atomic mass is 16.1. The number of carbonyl (C=O) groups excluding carboxylic acids is 1. The Bertz CT molecular complexity index is 637. The monoisotopic (exact) mass is 253 g/mol. The summed E-state index contributed by atoms with van der Waals surface area (Å²) in [6.45, 7) is 0. The third kappa shape index (κ3) is 2.29. The number of benzene rings is 1. The van der Waals surface area contributed by atoms with Crippen molar-refractivity contribution in [2.45, 2.75) is 19.3 Å². The van der Waals surface area contributed by atoms with Gasteiger partial charge in [0.05, 0.1) is 17.6 Å². The lowest BCUT2D eigenvalue weighted by Crippen LogP contribution is -2.13. The number of hydrogen-bond acceptors (Lipinski definition) is 3. The minimum atomic E-state index is -0.132. The van der Waals surface area contributed by atoms with Gasteiger partial charge in [-0.15, -0.1) is 0 Å². The summed E-state index contributed by atoms with van der Waals surface area (Å²) >= 11 is 0. The van der Waals surface area contributed by atoms with Crippen LogP contribution in [0.3, 0.4) is 0 Å². The molecule has 3 rings (SSSR count). The predicted octanol–water partition coefficient (Wildman–Crippen LogP) is 2.40. The molecule has 0 atom stereocenters. The molecule has 1 heterocycles. The molecular weight excluding hydrogens is 238 g/mol. The van der Waals surface area contributed by atoms with E-state index in [1.807, 2.05) is 18.2 Å². The van der Waals surface area contributed by atoms with E-state index in [9.17, 15) is 4.79 Å². The number of amides is 1. The number of fused-ring (bicyclic) bond motifs is 1. The van der Waals surface area contributed by atoms with Gasteiger partial charge in [0.25, 0.3) is 5.91 Å². The zero-order valence-corrected chi connectivity index (χ0v) is 10.5. The molecule has 1 aliphatic carbocycles. The maximum Gasteiger partial charge on any atom is 0.255 e. The third-order valence-electron chi connectivity index (χ3n) is 3.46. The van der Waals surface area contributed by atoms with Gasteiger partial charge in [0.15, 0.2) is 0 Å². The van der Waals surface area contributed by atoms with Gasteiger partial charge in [-0.25, -0.2) is 0 Å². The van der Waals surface area contributed by atoms with E-state index in [1.54, 1.807) is 12.3 Å². The smallest absolute Gasteiger partial charge is 0.255 e. The molecule has 1 aromatic carbocycles. The molecule has 0 radical (unpaired) electrons. The lowest BCUT2D eigenvalue weighted by atomic mass is 10.1. The molecule has 1 aliphatic rings. The van der Waals surface area contributed by atoms with Crippen molar-refractivity contribution in [2.75, 3.05) is 11.1 Å². The number of pyridine rings is 1. The Morgan fingerprint density at radius 2 is 2.05 bits per heavy atom. The van der Waals surface area contributed by atoms with Crippen molar-refractivity contribution in [1.29, 1.82) is 0 Å². The first-order valence-electron chi connectivity index (χ1n) is 6.37. The maximum atomic E-state index is 12.2. The van der Waals surface area contributed by atoms with Crippen LogP contribution in [0.25, 0.3) is 0 Å². The van der Waals surface area contributed by atoms with Gasteiger partial charge in [-0.05, 0) is 48.6 Å². The van der Waals surface area contributed by atoms with Crippen LogP contribution in [-0.4, -0.2) is 10.9 Å². The Kier molecular flexibility index (Phi) is 2.91. The van der Waals surface area contributed by atoms with E-state index in [2.05, 4.69) is 10.3 Å². The van der Waals surface area contributed by atoms with E-state index in [1.165, 1.54) is 23.7 Å². The molecule has 1 aromatic heterocycles. The molecule has 2 aromatic rings. The fourth-order valence-electron chi connectivity index (χ4n) is 2.43. The van der Waals surface area contributed by atoms with E-state index >= 15 is 0 Å². The molecule has 0 fully saturated rings. The van der Waals surface area contributed by atoms with Crippen molar-refractivity contribution in [3.8, 4) is 0 Å². The summed E-state index contributed by atoms with van der Waals surface area (Å²) in [5, 5.41) is 2.81. The number of nitrogens with zero attached hydrogens (tertiary/aromatic N) is 1. The molecule has 0 spiro atoms. The van der Waals surface area contributed by atoms with E-state index in [0.717, 1.165) is 12.8 Å². The van der Waals surface area contributed by atoms with Crippen molar-refractivity contribution in [2.24, 2.45) is 0 Å². The van der Waals surface area contributed by atoms with Gasteiger partial charge in [0.2, 0.25) is 0 Å². The SMILES string of the molecule is Nc1cnccc1NC(=O)c1ccc2c(c1)CCC2. The van der Waals surface area contributed by atoms with E-state index < -0.39 is 0 Å². The standard InChI is InChI=1S/C15H15N3O/c16-13-9-17-7-6-14(13)18-15(19)12-5-4-10-2-1-3-11(10)8-12/h4-9H,1-3,16H2,(H,17,18,19). The zero-order valence-electron chi connectivity index (χ0n) is 10.5. The van der Waals surface area contributed by atoms with E-state index in [4.69, 9.17) is 5.73 Å². The molecule has 3 N–H and O–H groups in total. The number of nitrogens with two attached hydrogens (primary N) is 1. The van der Waals surface area contributed by atoms with Gasteiger partial charge < -0.3 is 11.1 Å². The largest absolute Gasteiger partial charge is 0.396 e. The summed E-state index contributed by atoms with van der Waals surface area (Å²) < 4.78 is 0. The normalized spacial score (nSPS) is 13.1. The number of nitrogens with one attached hydrogen (secondary N) is 1. The maximum absolute atomic E-state index is 12.2. The average molecular weight is 253 g/mol. The molecule has 4 nitrogen and oxygen atoms in total. The van der Waals surface area contributed by atoms with E-state index in [0.29, 0.717) is 16.9 Å². The topological polar surface area (TPSA) is 68.0 Å². The minimum Gasteiger partial charge on any atom is -0.396 e. The third-order valence-corrected chi connectivity index (χ3v) is 3.46. The Hall–Kier alpha value is -2.36. The molecule has 0 bridgehead atoms. The molecule has 0 saturated heterocycles. The van der Waals surface area contributed by atoms with Gasteiger partial charge in [-0.1, -0.05) is 6.07 Å². The number of aryl methyl sites for hydroxylation is 2. The number of carbonyl (C=O) groups is 1. The van der Waals surface area contributed by atoms with Gasteiger partial charge in [-0.2, -0.15) is 0 Å². The second-order valence-corrected chi connectivity index (χ2v) is 4.75. The van der Waals surface area contributed by atoms with Gasteiger partial charge in [0, 0.05) is 11.8 Å². The van der Waals surface area contributed by atoms with E-state index in [-0.39, 0.29) is 5.91 Å². The lowest BCUT2D eigenvalue weighted by molar-refractivity contribution is 0.102. The van der Waals surface area contributed by atoms with Crippen LogP contribution in [0.5, 0.6) is 0 Å². The quantitative estimate of drug-likeness (QED) is 0.863. The highest BCUT2D eigenvalue weighted by Gasteiger charge is 2.14. The first kappa shape index (κ1) is 11.7. The molecule has 0 unspecified atom stereocenters. The fraction of sp³-hybridized carbons (Fsp3) is 0.200. The van der Waals surface area contributed by atoms with Crippen molar-refractivity contribution in [3.63, 3.8) is 0 Å². The number of nitrogen functional groups attached to an aromatic ring is 1. The first-order valence-corrected chi connectivity index (χ1v) is 6.37. The van der Waals surface area contributed by atoms with Crippen LogP contribution in [0.1, 0.15) is 27.9 Å². The second-order valence-electron chi connectivity index (χ2n) is 4.75. The van der Waals surface area contributed by atoms with Crippen molar-refractivity contribution >= 4 is 17.3 Å². The summed E-state index contributed by atoms with van der Waals surface area (Å²) in [7, 11) is 0. The van der Waals surface area contributed by atoms with Gasteiger partial charge in [-0.3, -0.25) is 9.78 Å². The molecule has 0 saturated carbocycles. The Labute approximate surface area is 111 Å². The number of aromatic nitrogens is 1. The summed E-state index contributed by atoms with van der Waals surface area (Å²) in [5.41, 5.74) is 10.2. The zero-order chi connectivity index (χ0) is 13.2. The van der Waals surface area contributed by atoms with Crippen LogP contribution in [0.4, 0.5) is 11.4 Å². The van der Waals surface area contributed by atoms with Crippen LogP contribution in [0, 0.1) is 0 Å². The summed E-state index contributed by atoms with van der Waals surface area (Å²) in [6.07, 6.45) is 6.49. The lowest BCUT2D eigenvalue weighted by Gasteiger charge is -2.08. The Morgan fingerprint density at radius 1 is 1.21 bits per heavy atom. The minimum absolute atomic E-state index is 0.132. The second kappa shape index (κ2) is 4.72. The van der Waals surface area contributed by atoms with Crippen LogP contribution in [0.2, 0.25) is 0 Å². The molecule has 1 amide bonds. The molecule has 96 valence electrons. The van der Waals surface area contributed by atoms with Crippen LogP contribution < -0.4 is 11.1 Å². The number of anilines is 2. The number of hydrogen-bond donors (Lipinski definition) is 2. The number of rotatable bonds is 2. The van der Waals surface area contributed by atoms with Crippen molar-refractivity contribution in [3.05, 3.63) is 53.3 Å². The van der Waals surface area contributed by atoms with Crippen molar-refractivity contribution < 1.29 is 4.79 Å². The summed E-state index contributed by atoms with van der Waals surface area (Å²) in [5.74, 6) is -0.132. The Balaban J connectivity index is 1.83. The first-order chi connectivity index (χ1) is 9.24. The molecule has 4 heteroatoms. The van der Waals surface area contributed by atoms with Crippen LogP contribution >= 0.6 is 0 Å². The van der Waals surface area contributed by atoms with Gasteiger partial charge in [0.1, 0.15) is 0 Å². The summed E-state index contributed by atoms with van der Waals surface area (Å²) in [6, 6.07) is 7.60. The average Bonchev–Trinajstić information content (AvgIpc) is 2.88. The summed E-state index contributed by atoms with van der Waals surface area (Å²) in [4.78, 5) is 16.1. The van der Waals surface area contributed by atoms with Gasteiger partial charge >= 0.3 is 0 Å². The highest BCUT2D eigenvalue weighted by molar-refractivity contribution is 6.05. The highest BCUT2D eigenvalue weighted by Crippen LogP contribution is 2.23. The van der Waals surface area contributed by atoms with Crippen molar-refractivity contribution in [1.82, 2.24) is 4.98 Å². The van der Waals surface area contributed by atoms with Crippen LogP contribution in [0.15, 0.2) is 36.7 Å². The fourth-order valence-corrected chi connectivity index (χ4v) is 2.43. The predicted molar refractivity (Wildman–Crippen MR) is 75.1 cm³/mol.